The number of aromatic amines is 1. The molecule has 8 heteroatoms. The molecule has 0 saturated heterocycles. The maximum Gasteiger partial charge on any atom is 0.178 e. The van der Waals surface area contributed by atoms with E-state index in [2.05, 4.69) is 21.0 Å². The first-order valence-electron chi connectivity index (χ1n) is 11.3. The standard InChI is InChI=1S/C27H25N3O4S/c1-3-35(32,33)21-9-4-6-18(13-21)22-10-11-24(34-16-20-8-5-7-19(15-31)29-20)26-25(22)23-12-17(2)14-28-27(23)30-26/h4-14,31H,3,15-16H2,1-2H3,(H,28,30). The summed E-state index contributed by atoms with van der Waals surface area (Å²) in [6, 6.07) is 18.4. The Labute approximate surface area is 203 Å². The predicted octanol–water partition coefficient (Wildman–Crippen LogP) is 4.95. The number of pyridine rings is 2. The minimum absolute atomic E-state index is 0.0420. The summed E-state index contributed by atoms with van der Waals surface area (Å²) in [4.78, 5) is 12.6. The molecule has 0 atom stereocenters. The van der Waals surface area contributed by atoms with Gasteiger partial charge in [-0.15, -0.1) is 0 Å². The molecule has 0 aliphatic heterocycles. The third kappa shape index (κ3) is 4.38. The molecule has 35 heavy (non-hydrogen) atoms. The summed E-state index contributed by atoms with van der Waals surface area (Å²) >= 11 is 0. The molecule has 0 bridgehead atoms. The number of hydrogen-bond acceptors (Lipinski definition) is 6. The number of sulfone groups is 1. The minimum atomic E-state index is -3.34. The van der Waals surface area contributed by atoms with Crippen molar-refractivity contribution in [1.82, 2.24) is 15.0 Å². The Hall–Kier alpha value is -3.75. The molecule has 0 saturated carbocycles. The molecule has 178 valence electrons. The Kier molecular flexibility index (Phi) is 6.00. The van der Waals surface area contributed by atoms with Gasteiger partial charge in [-0.3, -0.25) is 4.98 Å². The van der Waals surface area contributed by atoms with E-state index in [4.69, 9.17) is 4.74 Å². The van der Waals surface area contributed by atoms with Crippen LogP contribution in [-0.2, 0) is 23.1 Å². The van der Waals surface area contributed by atoms with Crippen molar-refractivity contribution in [1.29, 1.82) is 0 Å². The highest BCUT2D eigenvalue weighted by Gasteiger charge is 2.18. The number of aromatic nitrogens is 3. The van der Waals surface area contributed by atoms with Crippen LogP contribution in [0.15, 0.2) is 71.8 Å². The van der Waals surface area contributed by atoms with Gasteiger partial charge < -0.3 is 14.8 Å². The Bertz CT molecular complexity index is 1660. The molecule has 5 rings (SSSR count). The van der Waals surface area contributed by atoms with Crippen molar-refractivity contribution < 1.29 is 18.3 Å². The van der Waals surface area contributed by atoms with Crippen molar-refractivity contribution in [2.45, 2.75) is 32.0 Å². The van der Waals surface area contributed by atoms with Crippen LogP contribution in [0.1, 0.15) is 23.9 Å². The van der Waals surface area contributed by atoms with Crippen molar-refractivity contribution >= 4 is 31.8 Å². The summed E-state index contributed by atoms with van der Waals surface area (Å²) in [5.74, 6) is 0.674. The average Bonchev–Trinajstić information content (AvgIpc) is 3.26. The smallest absolute Gasteiger partial charge is 0.178 e. The maximum atomic E-state index is 12.5. The summed E-state index contributed by atoms with van der Waals surface area (Å²) in [6.45, 7) is 3.73. The highest BCUT2D eigenvalue weighted by atomic mass is 32.2. The monoisotopic (exact) mass is 487 g/mol. The van der Waals surface area contributed by atoms with E-state index in [1.807, 2.05) is 37.3 Å². The number of aliphatic hydroxyl groups excluding tert-OH is 1. The molecule has 0 fully saturated rings. The van der Waals surface area contributed by atoms with Gasteiger partial charge in [-0.1, -0.05) is 25.1 Å². The Morgan fingerprint density at radius 1 is 1.03 bits per heavy atom. The first-order valence-corrected chi connectivity index (χ1v) is 13.0. The number of hydrogen-bond donors (Lipinski definition) is 2. The van der Waals surface area contributed by atoms with E-state index in [1.54, 1.807) is 37.4 Å². The molecule has 3 aromatic heterocycles. The predicted molar refractivity (Wildman–Crippen MR) is 136 cm³/mol. The van der Waals surface area contributed by atoms with Gasteiger partial charge in [-0.05, 0) is 66.1 Å². The summed E-state index contributed by atoms with van der Waals surface area (Å²) in [6.07, 6.45) is 1.80. The average molecular weight is 488 g/mol. The fourth-order valence-corrected chi connectivity index (χ4v) is 5.12. The van der Waals surface area contributed by atoms with Crippen molar-refractivity contribution in [3.63, 3.8) is 0 Å². The molecule has 2 aromatic carbocycles. The molecule has 5 aromatic rings. The van der Waals surface area contributed by atoms with E-state index in [0.29, 0.717) is 22.0 Å². The van der Waals surface area contributed by atoms with Gasteiger partial charge >= 0.3 is 0 Å². The molecule has 2 N–H and O–H groups in total. The fraction of sp³-hybridized carbons (Fsp3) is 0.185. The number of nitrogens with zero attached hydrogens (tertiary/aromatic N) is 2. The van der Waals surface area contributed by atoms with Crippen LogP contribution >= 0.6 is 0 Å². The van der Waals surface area contributed by atoms with Gasteiger partial charge in [0.25, 0.3) is 0 Å². The molecule has 0 spiro atoms. The highest BCUT2D eigenvalue weighted by molar-refractivity contribution is 7.91. The first kappa shape index (κ1) is 23.0. The first-order chi connectivity index (χ1) is 16.9. The van der Waals surface area contributed by atoms with E-state index in [1.165, 1.54) is 0 Å². The number of aliphatic hydroxyl groups is 1. The number of nitrogens with one attached hydrogen (secondary N) is 1. The molecule has 0 unspecified atom stereocenters. The molecule has 0 aliphatic carbocycles. The van der Waals surface area contributed by atoms with E-state index in [9.17, 15) is 13.5 Å². The van der Waals surface area contributed by atoms with Gasteiger partial charge in [0.15, 0.2) is 9.84 Å². The molecular weight excluding hydrogens is 462 g/mol. The lowest BCUT2D eigenvalue weighted by Crippen LogP contribution is -2.03. The Morgan fingerprint density at radius 2 is 1.83 bits per heavy atom. The van der Waals surface area contributed by atoms with Crippen molar-refractivity contribution in [3.8, 4) is 16.9 Å². The van der Waals surface area contributed by atoms with Crippen molar-refractivity contribution in [2.24, 2.45) is 0 Å². The SMILES string of the molecule is CCS(=O)(=O)c1cccc(-c2ccc(OCc3cccc(CO)n3)c3[nH]c4ncc(C)cc4c23)c1. The van der Waals surface area contributed by atoms with Crippen LogP contribution < -0.4 is 4.74 Å². The number of ether oxygens (including phenoxy) is 1. The zero-order valence-electron chi connectivity index (χ0n) is 19.4. The molecule has 0 amide bonds. The third-order valence-electron chi connectivity index (χ3n) is 5.99. The van der Waals surface area contributed by atoms with E-state index >= 15 is 0 Å². The van der Waals surface area contributed by atoms with Gasteiger partial charge in [-0.2, -0.15) is 0 Å². The topological polar surface area (TPSA) is 105 Å². The second-order valence-electron chi connectivity index (χ2n) is 8.39. The fourth-order valence-electron chi connectivity index (χ4n) is 4.20. The quantitative estimate of drug-likeness (QED) is 0.336. The van der Waals surface area contributed by atoms with Crippen LogP contribution in [0.5, 0.6) is 5.75 Å². The van der Waals surface area contributed by atoms with Gasteiger partial charge in [0.2, 0.25) is 0 Å². The summed E-state index contributed by atoms with van der Waals surface area (Å²) in [5, 5.41) is 11.2. The second kappa shape index (κ2) is 9.13. The molecule has 0 aliphatic rings. The van der Waals surface area contributed by atoms with Crippen LogP contribution in [0.2, 0.25) is 0 Å². The maximum absolute atomic E-state index is 12.5. The van der Waals surface area contributed by atoms with E-state index in [-0.39, 0.29) is 19.0 Å². The van der Waals surface area contributed by atoms with Crippen LogP contribution in [0.25, 0.3) is 33.1 Å². The van der Waals surface area contributed by atoms with Crippen molar-refractivity contribution in [2.75, 3.05) is 5.75 Å². The summed E-state index contributed by atoms with van der Waals surface area (Å²) < 4.78 is 31.2. The molecule has 3 heterocycles. The van der Waals surface area contributed by atoms with Gasteiger partial charge in [0.05, 0.1) is 34.2 Å². The van der Waals surface area contributed by atoms with Crippen LogP contribution in [0.4, 0.5) is 0 Å². The lowest BCUT2D eigenvalue weighted by Gasteiger charge is -2.12. The zero-order chi connectivity index (χ0) is 24.6. The Morgan fingerprint density at radius 3 is 2.63 bits per heavy atom. The molecular formula is C27H25N3O4S. The highest BCUT2D eigenvalue weighted by Crippen LogP contribution is 2.39. The van der Waals surface area contributed by atoms with Gasteiger partial charge in [0.1, 0.15) is 18.0 Å². The van der Waals surface area contributed by atoms with E-state index in [0.717, 1.165) is 38.6 Å². The van der Waals surface area contributed by atoms with Crippen LogP contribution in [0.3, 0.4) is 0 Å². The van der Waals surface area contributed by atoms with Crippen LogP contribution in [-0.4, -0.2) is 34.2 Å². The lowest BCUT2D eigenvalue weighted by atomic mass is 9.99. The second-order valence-corrected chi connectivity index (χ2v) is 10.7. The number of rotatable bonds is 7. The number of fused-ring (bicyclic) bond motifs is 3. The third-order valence-corrected chi connectivity index (χ3v) is 7.72. The van der Waals surface area contributed by atoms with Gasteiger partial charge in [0, 0.05) is 17.0 Å². The zero-order valence-corrected chi connectivity index (χ0v) is 20.3. The van der Waals surface area contributed by atoms with Crippen LogP contribution in [0, 0.1) is 6.92 Å². The molecule has 7 nitrogen and oxygen atoms in total. The number of aryl methyl sites for hydroxylation is 1. The summed E-state index contributed by atoms with van der Waals surface area (Å²) in [5.41, 5.74) is 5.49. The van der Waals surface area contributed by atoms with Gasteiger partial charge in [-0.25, -0.2) is 13.4 Å². The Balaban J connectivity index is 1.66. The van der Waals surface area contributed by atoms with Crippen molar-refractivity contribution in [3.05, 3.63) is 83.8 Å². The number of H-pyrrole nitrogens is 1. The number of benzene rings is 2. The largest absolute Gasteiger partial charge is 0.485 e. The lowest BCUT2D eigenvalue weighted by molar-refractivity contribution is 0.273. The normalized spacial score (nSPS) is 11.9. The molecule has 0 radical (unpaired) electrons. The minimum Gasteiger partial charge on any atom is -0.485 e. The summed E-state index contributed by atoms with van der Waals surface area (Å²) in [7, 11) is -3.34. The van der Waals surface area contributed by atoms with E-state index < -0.39 is 9.84 Å².